The van der Waals surface area contributed by atoms with Crippen LogP contribution in [0.2, 0.25) is 0 Å². The molecule has 2 fully saturated rings. The maximum absolute atomic E-state index is 6.15. The second-order valence-electron chi connectivity index (χ2n) is 6.24. The highest BCUT2D eigenvalue weighted by atomic mass is 16.5. The Morgan fingerprint density at radius 3 is 2.39 bits per heavy atom. The summed E-state index contributed by atoms with van der Waals surface area (Å²) in [6.07, 6.45) is 9.02. The number of hydrogen-bond donors (Lipinski definition) is 1. The summed E-state index contributed by atoms with van der Waals surface area (Å²) in [6.45, 7) is 9.16. The fraction of sp³-hybridized carbons (Fsp3) is 1.00. The van der Waals surface area contributed by atoms with E-state index in [9.17, 15) is 0 Å². The van der Waals surface area contributed by atoms with E-state index in [0.717, 1.165) is 13.1 Å². The molecule has 3 heteroatoms. The first-order valence-corrected chi connectivity index (χ1v) is 7.85. The van der Waals surface area contributed by atoms with Crippen molar-refractivity contribution in [1.29, 1.82) is 0 Å². The van der Waals surface area contributed by atoms with Gasteiger partial charge in [-0.1, -0.05) is 26.7 Å². The first-order chi connectivity index (χ1) is 8.74. The van der Waals surface area contributed by atoms with Crippen molar-refractivity contribution in [3.8, 4) is 0 Å². The lowest BCUT2D eigenvalue weighted by atomic mass is 10.2. The lowest BCUT2D eigenvalue weighted by Crippen LogP contribution is -2.35. The highest BCUT2D eigenvalue weighted by Crippen LogP contribution is 2.21. The molecule has 106 valence electrons. The van der Waals surface area contributed by atoms with Crippen molar-refractivity contribution in [3.05, 3.63) is 0 Å². The maximum Gasteiger partial charge on any atom is 0.0707 e. The standard InChI is InChI=1S/C15H30N2O/c1-13(2)16-11-14-7-8-15(18-14)12-17-9-5-3-4-6-10-17/h13-16H,3-12H2,1-2H3. The third kappa shape index (κ3) is 4.87. The van der Waals surface area contributed by atoms with Crippen molar-refractivity contribution >= 4 is 0 Å². The van der Waals surface area contributed by atoms with Crippen LogP contribution in [-0.2, 0) is 4.74 Å². The summed E-state index contributed by atoms with van der Waals surface area (Å²) in [5, 5.41) is 3.48. The number of ether oxygens (including phenoxy) is 1. The van der Waals surface area contributed by atoms with Gasteiger partial charge in [-0.2, -0.15) is 0 Å². The van der Waals surface area contributed by atoms with Gasteiger partial charge in [0.05, 0.1) is 12.2 Å². The Bertz CT molecular complexity index is 225. The monoisotopic (exact) mass is 254 g/mol. The first kappa shape index (κ1) is 14.3. The van der Waals surface area contributed by atoms with Crippen molar-refractivity contribution in [3.63, 3.8) is 0 Å². The van der Waals surface area contributed by atoms with E-state index in [-0.39, 0.29) is 0 Å². The average molecular weight is 254 g/mol. The molecule has 0 bridgehead atoms. The Morgan fingerprint density at radius 1 is 1.06 bits per heavy atom. The van der Waals surface area contributed by atoms with E-state index in [1.807, 2.05) is 0 Å². The summed E-state index contributed by atoms with van der Waals surface area (Å²) in [4.78, 5) is 2.62. The van der Waals surface area contributed by atoms with Gasteiger partial charge in [-0.05, 0) is 38.8 Å². The summed E-state index contributed by atoms with van der Waals surface area (Å²) in [6, 6.07) is 0.568. The Morgan fingerprint density at radius 2 is 1.72 bits per heavy atom. The zero-order chi connectivity index (χ0) is 12.8. The molecular formula is C15H30N2O. The van der Waals surface area contributed by atoms with Crippen LogP contribution < -0.4 is 5.32 Å². The second kappa shape index (κ2) is 7.46. The summed E-state index contributed by atoms with van der Waals surface area (Å²) >= 11 is 0. The average Bonchev–Trinajstić information content (AvgIpc) is 2.62. The zero-order valence-corrected chi connectivity index (χ0v) is 12.2. The van der Waals surface area contributed by atoms with Gasteiger partial charge in [0.2, 0.25) is 0 Å². The summed E-state index contributed by atoms with van der Waals surface area (Å²) in [5.74, 6) is 0. The van der Waals surface area contributed by atoms with Crippen LogP contribution in [0.3, 0.4) is 0 Å². The molecule has 0 aromatic carbocycles. The number of nitrogens with zero attached hydrogens (tertiary/aromatic N) is 1. The van der Waals surface area contributed by atoms with Crippen LogP contribution in [-0.4, -0.2) is 49.3 Å². The normalized spacial score (nSPS) is 30.8. The molecule has 2 atom stereocenters. The van der Waals surface area contributed by atoms with Crippen LogP contribution in [0.4, 0.5) is 0 Å². The van der Waals surface area contributed by atoms with Crippen LogP contribution in [0.15, 0.2) is 0 Å². The molecule has 3 nitrogen and oxygen atoms in total. The molecule has 18 heavy (non-hydrogen) atoms. The van der Waals surface area contributed by atoms with E-state index in [1.165, 1.54) is 51.6 Å². The lowest BCUT2D eigenvalue weighted by Gasteiger charge is -2.24. The first-order valence-electron chi connectivity index (χ1n) is 7.85. The van der Waals surface area contributed by atoms with Crippen molar-refractivity contribution in [1.82, 2.24) is 10.2 Å². The highest BCUT2D eigenvalue weighted by Gasteiger charge is 2.26. The molecule has 0 aromatic rings. The third-order valence-electron chi connectivity index (χ3n) is 4.11. The van der Waals surface area contributed by atoms with E-state index >= 15 is 0 Å². The molecule has 2 aliphatic rings. The van der Waals surface area contributed by atoms with E-state index in [2.05, 4.69) is 24.1 Å². The van der Waals surface area contributed by atoms with Gasteiger partial charge in [0, 0.05) is 19.1 Å². The predicted molar refractivity (Wildman–Crippen MR) is 75.9 cm³/mol. The minimum absolute atomic E-state index is 0.448. The number of hydrogen-bond acceptors (Lipinski definition) is 3. The molecule has 0 saturated carbocycles. The third-order valence-corrected chi connectivity index (χ3v) is 4.11. The molecule has 0 aliphatic carbocycles. The number of likely N-dealkylation sites (tertiary alicyclic amines) is 1. The molecule has 0 radical (unpaired) electrons. The quantitative estimate of drug-likeness (QED) is 0.815. The molecule has 1 N–H and O–H groups in total. The van der Waals surface area contributed by atoms with Gasteiger partial charge in [-0.25, -0.2) is 0 Å². The maximum atomic E-state index is 6.15. The van der Waals surface area contributed by atoms with Gasteiger partial charge in [0.15, 0.2) is 0 Å². The van der Waals surface area contributed by atoms with Crippen LogP contribution in [0.1, 0.15) is 52.4 Å². The van der Waals surface area contributed by atoms with E-state index in [4.69, 9.17) is 4.74 Å². The molecule has 2 heterocycles. The minimum atomic E-state index is 0.448. The summed E-state index contributed by atoms with van der Waals surface area (Å²) in [7, 11) is 0. The van der Waals surface area contributed by atoms with E-state index in [0.29, 0.717) is 18.2 Å². The van der Waals surface area contributed by atoms with Gasteiger partial charge in [-0.15, -0.1) is 0 Å². The summed E-state index contributed by atoms with van der Waals surface area (Å²) < 4.78 is 6.15. The van der Waals surface area contributed by atoms with Gasteiger partial charge in [0.25, 0.3) is 0 Å². The largest absolute Gasteiger partial charge is 0.372 e. The molecule has 0 aromatic heterocycles. The van der Waals surface area contributed by atoms with Crippen molar-refractivity contribution in [2.75, 3.05) is 26.2 Å². The SMILES string of the molecule is CC(C)NCC1CCC(CN2CCCCCC2)O1. The van der Waals surface area contributed by atoms with Crippen LogP contribution >= 0.6 is 0 Å². The predicted octanol–water partition coefficient (Wildman–Crippen LogP) is 2.41. The molecular weight excluding hydrogens is 224 g/mol. The smallest absolute Gasteiger partial charge is 0.0707 e. The van der Waals surface area contributed by atoms with E-state index < -0.39 is 0 Å². The topological polar surface area (TPSA) is 24.5 Å². The van der Waals surface area contributed by atoms with Gasteiger partial charge in [-0.3, -0.25) is 0 Å². The molecule has 2 aliphatic heterocycles. The van der Waals surface area contributed by atoms with Crippen LogP contribution in [0.5, 0.6) is 0 Å². The Labute approximate surface area is 112 Å². The van der Waals surface area contributed by atoms with Gasteiger partial charge >= 0.3 is 0 Å². The van der Waals surface area contributed by atoms with Crippen molar-refractivity contribution in [2.45, 2.75) is 70.6 Å². The molecule has 2 unspecified atom stereocenters. The minimum Gasteiger partial charge on any atom is -0.372 e. The Kier molecular flexibility index (Phi) is 5.93. The Balaban J connectivity index is 1.65. The van der Waals surface area contributed by atoms with Gasteiger partial charge in [0.1, 0.15) is 0 Å². The van der Waals surface area contributed by atoms with E-state index in [1.54, 1.807) is 0 Å². The van der Waals surface area contributed by atoms with Gasteiger partial charge < -0.3 is 15.0 Å². The van der Waals surface area contributed by atoms with Crippen LogP contribution in [0.25, 0.3) is 0 Å². The molecule has 2 rings (SSSR count). The fourth-order valence-corrected chi connectivity index (χ4v) is 3.04. The van der Waals surface area contributed by atoms with Crippen molar-refractivity contribution < 1.29 is 4.74 Å². The number of nitrogens with one attached hydrogen (secondary N) is 1. The zero-order valence-electron chi connectivity index (χ0n) is 12.2. The fourth-order valence-electron chi connectivity index (χ4n) is 3.04. The number of rotatable bonds is 5. The van der Waals surface area contributed by atoms with Crippen molar-refractivity contribution in [2.24, 2.45) is 0 Å². The highest BCUT2D eigenvalue weighted by molar-refractivity contribution is 4.79. The summed E-state index contributed by atoms with van der Waals surface area (Å²) in [5.41, 5.74) is 0. The molecule has 0 amide bonds. The van der Waals surface area contributed by atoms with Crippen LogP contribution in [0, 0.1) is 0 Å². The Hall–Kier alpha value is -0.120. The molecule has 0 spiro atoms. The molecule has 2 saturated heterocycles. The lowest BCUT2D eigenvalue weighted by molar-refractivity contribution is 0.0232. The second-order valence-corrected chi connectivity index (χ2v) is 6.24.